The number of nitrogens with one attached hydrogen (secondary N) is 1. The number of methoxy groups -OCH3 is 2. The number of hydrogen-bond donors (Lipinski definition) is 1. The molecule has 1 N–H and O–H groups in total. The van der Waals surface area contributed by atoms with Gasteiger partial charge in [-0.3, -0.25) is 14.9 Å². The molecule has 160 valence electrons. The largest absolute Gasteiger partial charge is 0.493 e. The number of amides is 1. The maximum atomic E-state index is 12.9. The van der Waals surface area contributed by atoms with Gasteiger partial charge in [0.1, 0.15) is 11.4 Å². The van der Waals surface area contributed by atoms with Gasteiger partial charge in [-0.15, -0.1) is 0 Å². The van der Waals surface area contributed by atoms with E-state index in [1.165, 1.54) is 37.4 Å². The highest BCUT2D eigenvalue weighted by atomic mass is 19.1. The van der Waals surface area contributed by atoms with Crippen molar-refractivity contribution in [2.45, 2.75) is 12.8 Å². The molecule has 0 spiro atoms. The summed E-state index contributed by atoms with van der Waals surface area (Å²) in [6.07, 6.45) is 0.558. The van der Waals surface area contributed by atoms with Gasteiger partial charge in [0.05, 0.1) is 38.2 Å². The molecule has 0 bridgehead atoms. The van der Waals surface area contributed by atoms with Crippen molar-refractivity contribution in [3.63, 3.8) is 0 Å². The molecule has 0 heterocycles. The van der Waals surface area contributed by atoms with Crippen LogP contribution in [0.5, 0.6) is 11.5 Å². The van der Waals surface area contributed by atoms with Crippen LogP contribution in [0.15, 0.2) is 36.4 Å². The van der Waals surface area contributed by atoms with Gasteiger partial charge in [0, 0.05) is 12.6 Å². The van der Waals surface area contributed by atoms with Gasteiger partial charge in [-0.2, -0.15) is 0 Å². The van der Waals surface area contributed by atoms with E-state index in [1.54, 1.807) is 0 Å². The Morgan fingerprint density at radius 3 is 2.43 bits per heavy atom. The van der Waals surface area contributed by atoms with Crippen molar-refractivity contribution in [3.8, 4) is 11.5 Å². The maximum absolute atomic E-state index is 12.9. The van der Waals surface area contributed by atoms with E-state index in [0.717, 1.165) is 13.2 Å². The fourth-order valence-corrected chi connectivity index (χ4v) is 2.58. The van der Waals surface area contributed by atoms with Gasteiger partial charge in [-0.1, -0.05) is 12.1 Å². The molecule has 0 fully saturated rings. The number of rotatable bonds is 10. The predicted molar refractivity (Wildman–Crippen MR) is 104 cm³/mol. The van der Waals surface area contributed by atoms with Crippen LogP contribution in [0.2, 0.25) is 0 Å². The summed E-state index contributed by atoms with van der Waals surface area (Å²) < 4.78 is 28.1. The molecule has 0 saturated heterocycles. The second-order valence-electron chi connectivity index (χ2n) is 6.12. The number of carbonyl (C=O) groups excluding carboxylic acids is 2. The Labute approximate surface area is 171 Å². The molecule has 0 aliphatic heterocycles. The molecule has 0 aliphatic rings. The Kier molecular flexibility index (Phi) is 8.09. The van der Waals surface area contributed by atoms with Crippen LogP contribution in [-0.4, -0.2) is 44.2 Å². The number of carbonyl (C=O) groups is 2. The maximum Gasteiger partial charge on any atom is 0.345 e. The van der Waals surface area contributed by atoms with Crippen molar-refractivity contribution in [1.82, 2.24) is 5.32 Å². The van der Waals surface area contributed by atoms with Crippen LogP contribution in [0.3, 0.4) is 0 Å². The first-order chi connectivity index (χ1) is 14.3. The molecule has 2 rings (SSSR count). The monoisotopic (exact) mass is 420 g/mol. The second-order valence-corrected chi connectivity index (χ2v) is 6.12. The lowest BCUT2D eigenvalue weighted by Crippen LogP contribution is -2.27. The fourth-order valence-electron chi connectivity index (χ4n) is 2.58. The Hall–Kier alpha value is -3.69. The van der Waals surface area contributed by atoms with Gasteiger partial charge in [-0.05, 0) is 24.1 Å². The number of nitro benzene ring substituents is 1. The van der Waals surface area contributed by atoms with Crippen molar-refractivity contribution >= 4 is 17.6 Å². The van der Waals surface area contributed by atoms with Crippen molar-refractivity contribution < 1.29 is 33.1 Å². The third kappa shape index (κ3) is 6.16. The number of nitrogens with zero attached hydrogens (tertiary/aromatic N) is 1. The molecule has 0 aliphatic carbocycles. The lowest BCUT2D eigenvalue weighted by molar-refractivity contribution is -0.385. The van der Waals surface area contributed by atoms with Crippen LogP contribution >= 0.6 is 0 Å². The van der Waals surface area contributed by atoms with E-state index in [1.807, 2.05) is 0 Å². The molecule has 2 aromatic carbocycles. The Morgan fingerprint density at radius 1 is 1.13 bits per heavy atom. The number of halogens is 1. The third-order valence-corrected chi connectivity index (χ3v) is 4.06. The molecule has 0 unspecified atom stereocenters. The predicted octanol–water partition coefficient (Wildman–Crippen LogP) is 2.66. The zero-order valence-electron chi connectivity index (χ0n) is 16.5. The SMILES string of the molecule is COC(=O)c1cc(OCCCNC(=O)Cc2ccc(F)cc2)c(OC)cc1[N+](=O)[O-]. The fraction of sp³-hybridized carbons (Fsp3) is 0.300. The van der Waals surface area contributed by atoms with Crippen molar-refractivity contribution in [1.29, 1.82) is 0 Å². The third-order valence-electron chi connectivity index (χ3n) is 4.06. The summed E-state index contributed by atoms with van der Waals surface area (Å²) in [6, 6.07) is 7.94. The highest BCUT2D eigenvalue weighted by Gasteiger charge is 2.25. The van der Waals surface area contributed by atoms with Gasteiger partial charge >= 0.3 is 5.97 Å². The standard InChI is InChI=1S/C20H21FN2O7/c1-28-17-12-16(23(26)27)15(20(25)29-2)11-18(17)30-9-3-8-22-19(24)10-13-4-6-14(21)7-5-13/h4-7,11-12H,3,8-10H2,1-2H3,(H,22,24). The molecule has 0 saturated carbocycles. The average Bonchev–Trinajstić information content (AvgIpc) is 2.73. The number of esters is 1. The molecule has 0 aromatic heterocycles. The minimum Gasteiger partial charge on any atom is -0.493 e. The van der Waals surface area contributed by atoms with E-state index < -0.39 is 16.6 Å². The summed E-state index contributed by atoms with van der Waals surface area (Å²) in [4.78, 5) is 34.2. The van der Waals surface area contributed by atoms with Crippen LogP contribution < -0.4 is 14.8 Å². The quantitative estimate of drug-likeness (QED) is 0.272. The Morgan fingerprint density at radius 2 is 1.83 bits per heavy atom. The lowest BCUT2D eigenvalue weighted by Gasteiger charge is -2.12. The molecule has 1 amide bonds. The minimum atomic E-state index is -0.873. The Bertz CT molecular complexity index is 916. The topological polar surface area (TPSA) is 117 Å². The second kappa shape index (κ2) is 10.7. The average molecular weight is 420 g/mol. The first-order valence-electron chi connectivity index (χ1n) is 8.94. The molecule has 9 nitrogen and oxygen atoms in total. The summed E-state index contributed by atoms with van der Waals surface area (Å²) in [5.74, 6) is -1.23. The van der Waals surface area contributed by atoms with Gasteiger partial charge in [0.15, 0.2) is 11.5 Å². The minimum absolute atomic E-state index is 0.0923. The smallest absolute Gasteiger partial charge is 0.345 e. The molecular weight excluding hydrogens is 399 g/mol. The van der Waals surface area contributed by atoms with E-state index in [2.05, 4.69) is 10.1 Å². The van der Waals surface area contributed by atoms with Crippen molar-refractivity contribution in [2.75, 3.05) is 27.4 Å². The van der Waals surface area contributed by atoms with Gasteiger partial charge in [-0.25, -0.2) is 9.18 Å². The van der Waals surface area contributed by atoms with Gasteiger partial charge < -0.3 is 19.5 Å². The van der Waals surface area contributed by atoms with Crippen LogP contribution in [-0.2, 0) is 16.0 Å². The van der Waals surface area contributed by atoms with E-state index in [9.17, 15) is 24.1 Å². The molecule has 0 radical (unpaired) electrons. The molecule has 0 atom stereocenters. The summed E-state index contributed by atoms with van der Waals surface area (Å²) in [7, 11) is 2.44. The van der Waals surface area contributed by atoms with Crippen LogP contribution in [0.25, 0.3) is 0 Å². The summed E-state index contributed by atoms with van der Waals surface area (Å²) >= 11 is 0. The number of ether oxygens (including phenoxy) is 3. The number of benzene rings is 2. The van der Waals surface area contributed by atoms with Gasteiger partial charge in [0.25, 0.3) is 5.69 Å². The van der Waals surface area contributed by atoms with Gasteiger partial charge in [0.2, 0.25) is 5.91 Å². The normalized spacial score (nSPS) is 10.2. The van der Waals surface area contributed by atoms with Crippen LogP contribution in [0.4, 0.5) is 10.1 Å². The highest BCUT2D eigenvalue weighted by molar-refractivity contribution is 5.95. The molecule has 10 heteroatoms. The zero-order valence-corrected chi connectivity index (χ0v) is 16.5. The summed E-state index contributed by atoms with van der Waals surface area (Å²) in [6.45, 7) is 0.477. The van der Waals surface area contributed by atoms with Crippen LogP contribution in [0.1, 0.15) is 22.3 Å². The van der Waals surface area contributed by atoms with Crippen LogP contribution in [0, 0.1) is 15.9 Å². The lowest BCUT2D eigenvalue weighted by atomic mass is 10.1. The number of nitro groups is 1. The first kappa shape index (κ1) is 22.6. The summed E-state index contributed by atoms with van der Waals surface area (Å²) in [5.41, 5.74) is -0.0267. The zero-order chi connectivity index (χ0) is 22.1. The number of hydrogen-bond acceptors (Lipinski definition) is 7. The highest BCUT2D eigenvalue weighted by Crippen LogP contribution is 2.35. The van der Waals surface area contributed by atoms with Crippen molar-refractivity contribution in [3.05, 3.63) is 63.5 Å². The Balaban J connectivity index is 1.90. The van der Waals surface area contributed by atoms with Crippen molar-refractivity contribution in [2.24, 2.45) is 0 Å². The molecular formula is C20H21FN2O7. The molecule has 2 aromatic rings. The van der Waals surface area contributed by atoms with E-state index in [4.69, 9.17) is 9.47 Å². The summed E-state index contributed by atoms with van der Waals surface area (Å²) in [5, 5.41) is 13.9. The molecule has 30 heavy (non-hydrogen) atoms. The van der Waals surface area contributed by atoms with E-state index in [0.29, 0.717) is 18.5 Å². The van der Waals surface area contributed by atoms with E-state index >= 15 is 0 Å². The van der Waals surface area contributed by atoms with E-state index in [-0.39, 0.29) is 41.8 Å². The first-order valence-corrected chi connectivity index (χ1v) is 8.94.